The molecule has 1 atom stereocenters. The van der Waals surface area contributed by atoms with Crippen LogP contribution in [0.2, 0.25) is 0 Å². The van der Waals surface area contributed by atoms with Crippen molar-refractivity contribution in [1.29, 1.82) is 0 Å². The standard InChI is InChI=1S/C20H24NO7P/c1-3-27-29(25,28-4-2)19(17-10-12-18(13-11-17)21(23)24)14-20(22)26-15-16-8-6-5-7-9-16/h5-13,19H,3-4,14-15H2,1-2H3/t19-/m1/s1. The van der Waals surface area contributed by atoms with Gasteiger partial charge in [0, 0.05) is 12.1 Å². The average Bonchev–Trinajstić information content (AvgIpc) is 2.71. The maximum Gasteiger partial charge on any atom is 0.338 e. The highest BCUT2D eigenvalue weighted by atomic mass is 31.2. The van der Waals surface area contributed by atoms with Gasteiger partial charge in [0.2, 0.25) is 0 Å². The van der Waals surface area contributed by atoms with Gasteiger partial charge in [-0.3, -0.25) is 19.5 Å². The van der Waals surface area contributed by atoms with E-state index < -0.39 is 24.1 Å². The Kier molecular flexibility index (Phi) is 8.51. The van der Waals surface area contributed by atoms with Gasteiger partial charge in [0.1, 0.15) is 6.61 Å². The van der Waals surface area contributed by atoms with Crippen molar-refractivity contribution in [3.63, 3.8) is 0 Å². The summed E-state index contributed by atoms with van der Waals surface area (Å²) in [6.07, 6.45) is -0.248. The van der Waals surface area contributed by atoms with E-state index in [0.717, 1.165) is 5.56 Å². The zero-order valence-electron chi connectivity index (χ0n) is 16.4. The lowest BCUT2D eigenvalue weighted by Crippen LogP contribution is -2.14. The van der Waals surface area contributed by atoms with Gasteiger partial charge in [0.05, 0.1) is 30.2 Å². The highest BCUT2D eigenvalue weighted by molar-refractivity contribution is 7.54. The molecule has 8 nitrogen and oxygen atoms in total. The number of esters is 1. The first kappa shape index (κ1) is 22.7. The van der Waals surface area contributed by atoms with E-state index in [-0.39, 0.29) is 31.9 Å². The third-order valence-electron chi connectivity index (χ3n) is 4.09. The van der Waals surface area contributed by atoms with Crippen molar-refractivity contribution in [3.8, 4) is 0 Å². The van der Waals surface area contributed by atoms with Crippen LogP contribution in [0.4, 0.5) is 5.69 Å². The molecule has 2 rings (SSSR count). The molecule has 0 spiro atoms. The average molecular weight is 421 g/mol. The Hall–Kier alpha value is -2.54. The fourth-order valence-electron chi connectivity index (χ4n) is 2.76. The smallest absolute Gasteiger partial charge is 0.338 e. The molecule has 156 valence electrons. The molecule has 0 saturated carbocycles. The van der Waals surface area contributed by atoms with Crippen LogP contribution in [0.15, 0.2) is 54.6 Å². The molecule has 0 aromatic heterocycles. The maximum absolute atomic E-state index is 13.4. The first-order valence-electron chi connectivity index (χ1n) is 9.22. The Morgan fingerprint density at radius 3 is 2.14 bits per heavy atom. The molecule has 0 heterocycles. The number of carbonyl (C=O) groups is 1. The van der Waals surface area contributed by atoms with E-state index in [1.54, 1.807) is 13.8 Å². The minimum atomic E-state index is -3.71. The number of non-ortho nitro benzene ring substituents is 1. The van der Waals surface area contributed by atoms with Gasteiger partial charge in [-0.1, -0.05) is 42.5 Å². The number of benzene rings is 2. The van der Waals surface area contributed by atoms with Crippen molar-refractivity contribution in [2.24, 2.45) is 0 Å². The highest BCUT2D eigenvalue weighted by Crippen LogP contribution is 2.62. The zero-order valence-corrected chi connectivity index (χ0v) is 17.2. The molecule has 0 unspecified atom stereocenters. The van der Waals surface area contributed by atoms with Crippen LogP contribution in [0, 0.1) is 10.1 Å². The number of carbonyl (C=O) groups excluding carboxylic acids is 1. The Morgan fingerprint density at radius 2 is 1.62 bits per heavy atom. The Balaban J connectivity index is 2.24. The van der Waals surface area contributed by atoms with Crippen molar-refractivity contribution >= 4 is 19.3 Å². The van der Waals surface area contributed by atoms with Crippen LogP contribution >= 0.6 is 7.60 Å². The molecule has 0 aliphatic heterocycles. The van der Waals surface area contributed by atoms with Crippen LogP contribution in [0.25, 0.3) is 0 Å². The quantitative estimate of drug-likeness (QED) is 0.217. The molecule has 29 heavy (non-hydrogen) atoms. The SMILES string of the molecule is CCOP(=O)(OCC)[C@H](CC(=O)OCc1ccccc1)c1ccc([N+](=O)[O-])cc1. The summed E-state index contributed by atoms with van der Waals surface area (Å²) in [6.45, 7) is 3.68. The van der Waals surface area contributed by atoms with Crippen LogP contribution in [0.5, 0.6) is 0 Å². The summed E-state index contributed by atoms with van der Waals surface area (Å²) in [7, 11) is -3.71. The van der Waals surface area contributed by atoms with Crippen LogP contribution in [0.3, 0.4) is 0 Å². The van der Waals surface area contributed by atoms with Gasteiger partial charge in [-0.2, -0.15) is 0 Å². The van der Waals surface area contributed by atoms with Crippen LogP contribution in [-0.4, -0.2) is 24.1 Å². The van der Waals surface area contributed by atoms with Crippen LogP contribution in [-0.2, 0) is 29.8 Å². The molecule has 0 aliphatic carbocycles. The van der Waals surface area contributed by atoms with E-state index in [4.69, 9.17) is 13.8 Å². The summed E-state index contributed by atoms with van der Waals surface area (Å²) in [5, 5.41) is 10.9. The second kappa shape index (κ2) is 10.9. The lowest BCUT2D eigenvalue weighted by molar-refractivity contribution is -0.384. The fourth-order valence-corrected chi connectivity index (χ4v) is 4.83. The summed E-state index contributed by atoms with van der Waals surface area (Å²) in [4.78, 5) is 22.8. The summed E-state index contributed by atoms with van der Waals surface area (Å²) in [5.41, 5.74) is 0.219. The first-order chi connectivity index (χ1) is 13.9. The van der Waals surface area contributed by atoms with Crippen molar-refractivity contribution in [3.05, 3.63) is 75.8 Å². The summed E-state index contributed by atoms with van der Waals surface area (Å²) < 4.78 is 29.5. The predicted octanol–water partition coefficient (Wildman–Crippen LogP) is 5.04. The third kappa shape index (κ3) is 6.49. The van der Waals surface area contributed by atoms with Crippen LogP contribution in [0.1, 0.15) is 37.1 Å². The Morgan fingerprint density at radius 1 is 1.03 bits per heavy atom. The number of rotatable bonds is 11. The molecule has 0 amide bonds. The van der Waals surface area contributed by atoms with Gasteiger partial charge < -0.3 is 13.8 Å². The van der Waals surface area contributed by atoms with Gasteiger partial charge in [-0.15, -0.1) is 0 Å². The first-order valence-corrected chi connectivity index (χ1v) is 10.8. The fraction of sp³-hybridized carbons (Fsp3) is 0.350. The lowest BCUT2D eigenvalue weighted by atomic mass is 10.1. The molecule has 0 aliphatic rings. The molecule has 0 saturated heterocycles. The van der Waals surface area contributed by atoms with Gasteiger partial charge >= 0.3 is 13.6 Å². The van der Waals surface area contributed by atoms with Crippen molar-refractivity contribution in [2.75, 3.05) is 13.2 Å². The third-order valence-corrected chi connectivity index (χ3v) is 6.57. The number of nitro groups is 1. The number of nitro benzene ring substituents is 1. The number of hydrogen-bond donors (Lipinski definition) is 0. The molecule has 0 radical (unpaired) electrons. The topological polar surface area (TPSA) is 105 Å². The molecular weight excluding hydrogens is 397 g/mol. The molecular formula is C20H24NO7P. The van der Waals surface area contributed by atoms with E-state index in [1.807, 2.05) is 30.3 Å². The van der Waals surface area contributed by atoms with E-state index in [1.165, 1.54) is 24.3 Å². The second-order valence-electron chi connectivity index (χ2n) is 6.09. The monoisotopic (exact) mass is 421 g/mol. The van der Waals surface area contributed by atoms with E-state index >= 15 is 0 Å². The maximum atomic E-state index is 13.4. The number of ether oxygens (including phenoxy) is 1. The largest absolute Gasteiger partial charge is 0.461 e. The van der Waals surface area contributed by atoms with Gasteiger partial charge in [-0.25, -0.2) is 0 Å². The molecule has 0 fully saturated rings. The normalized spacial score (nSPS) is 12.3. The minimum Gasteiger partial charge on any atom is -0.461 e. The lowest BCUT2D eigenvalue weighted by Gasteiger charge is -2.26. The van der Waals surface area contributed by atoms with E-state index in [2.05, 4.69) is 0 Å². The molecule has 0 bridgehead atoms. The summed E-state index contributed by atoms with van der Waals surface area (Å²) in [5.74, 6) is -0.572. The molecule has 9 heteroatoms. The van der Waals surface area contributed by atoms with Crippen LogP contribution < -0.4 is 0 Å². The van der Waals surface area contributed by atoms with E-state index in [9.17, 15) is 19.5 Å². The van der Waals surface area contributed by atoms with Gasteiger partial charge in [0.25, 0.3) is 5.69 Å². The molecule has 2 aromatic rings. The molecule has 2 aromatic carbocycles. The number of hydrogen-bond acceptors (Lipinski definition) is 7. The Bertz CT molecular complexity index is 845. The summed E-state index contributed by atoms with van der Waals surface area (Å²) in [6, 6.07) is 14.7. The van der Waals surface area contributed by atoms with E-state index in [0.29, 0.717) is 5.56 Å². The highest BCUT2D eigenvalue weighted by Gasteiger charge is 2.39. The second-order valence-corrected chi connectivity index (χ2v) is 8.31. The Labute approximate surface area is 169 Å². The van der Waals surface area contributed by atoms with Crippen molar-refractivity contribution in [2.45, 2.75) is 32.5 Å². The zero-order chi connectivity index (χ0) is 21.3. The van der Waals surface area contributed by atoms with Crippen molar-refractivity contribution in [1.82, 2.24) is 0 Å². The van der Waals surface area contributed by atoms with Gasteiger partial charge in [-0.05, 0) is 25.0 Å². The minimum absolute atomic E-state index is 0.0836. The van der Waals surface area contributed by atoms with Gasteiger partial charge in [0.15, 0.2) is 0 Å². The van der Waals surface area contributed by atoms with Crippen molar-refractivity contribution < 1.29 is 28.1 Å². The summed E-state index contributed by atoms with van der Waals surface area (Å²) >= 11 is 0. The number of nitrogens with zero attached hydrogens (tertiary/aromatic N) is 1. The predicted molar refractivity (Wildman–Crippen MR) is 108 cm³/mol. The molecule has 0 N–H and O–H groups in total.